The molecule has 8 heteroatoms. The molecule has 0 radical (unpaired) electrons. The molecule has 1 amide bonds. The summed E-state index contributed by atoms with van der Waals surface area (Å²) in [6, 6.07) is 11.8. The molecule has 0 atom stereocenters. The highest BCUT2D eigenvalue weighted by Crippen LogP contribution is 2.25. The molecule has 1 N–H and O–H groups in total. The molecule has 1 fully saturated rings. The number of nitrogens with one attached hydrogen (secondary N) is 1. The molecule has 0 saturated carbocycles. The van der Waals surface area contributed by atoms with Gasteiger partial charge in [-0.05, 0) is 52.7 Å². The lowest BCUT2D eigenvalue weighted by molar-refractivity contribution is 0.0730. The van der Waals surface area contributed by atoms with Crippen molar-refractivity contribution in [3.05, 3.63) is 58.1 Å². The Labute approximate surface area is 161 Å². The SMILES string of the molecule is Cc1ccc(S(=O)(=O)N2CCOCC2)cc1NC(=O)c1ccccc1Br. The van der Waals surface area contributed by atoms with Crippen LogP contribution in [0.15, 0.2) is 51.8 Å². The fourth-order valence-corrected chi connectivity index (χ4v) is 4.57. The first-order valence-corrected chi connectivity index (χ1v) is 10.4. The summed E-state index contributed by atoms with van der Waals surface area (Å²) in [4.78, 5) is 12.7. The van der Waals surface area contributed by atoms with E-state index in [1.807, 2.05) is 13.0 Å². The molecule has 0 aliphatic carbocycles. The summed E-state index contributed by atoms with van der Waals surface area (Å²) in [7, 11) is -3.62. The number of rotatable bonds is 4. The minimum absolute atomic E-state index is 0.160. The summed E-state index contributed by atoms with van der Waals surface area (Å²) < 4.78 is 32.9. The molecule has 138 valence electrons. The predicted octanol–water partition coefficient (Wildman–Crippen LogP) is 3.03. The third kappa shape index (κ3) is 3.98. The van der Waals surface area contributed by atoms with Gasteiger partial charge in [-0.25, -0.2) is 8.42 Å². The molecule has 0 bridgehead atoms. The smallest absolute Gasteiger partial charge is 0.256 e. The number of hydrogen-bond acceptors (Lipinski definition) is 4. The van der Waals surface area contributed by atoms with Gasteiger partial charge in [-0.2, -0.15) is 4.31 Å². The quantitative estimate of drug-likeness (QED) is 0.795. The van der Waals surface area contributed by atoms with E-state index in [9.17, 15) is 13.2 Å². The molecule has 2 aromatic carbocycles. The number of amides is 1. The summed E-state index contributed by atoms with van der Waals surface area (Å²) >= 11 is 3.35. The van der Waals surface area contributed by atoms with E-state index >= 15 is 0 Å². The Morgan fingerprint density at radius 1 is 1.15 bits per heavy atom. The molecule has 0 unspecified atom stereocenters. The van der Waals surface area contributed by atoms with Crippen molar-refractivity contribution in [3.63, 3.8) is 0 Å². The molecule has 1 aliphatic rings. The fourth-order valence-electron chi connectivity index (χ4n) is 2.67. The maximum atomic E-state index is 12.8. The van der Waals surface area contributed by atoms with E-state index in [1.165, 1.54) is 10.4 Å². The third-order valence-corrected chi connectivity index (χ3v) is 6.77. The number of aryl methyl sites for hydroxylation is 1. The number of nitrogens with zero attached hydrogens (tertiary/aromatic N) is 1. The molecule has 1 heterocycles. The van der Waals surface area contributed by atoms with E-state index in [0.29, 0.717) is 42.0 Å². The molecule has 1 aliphatic heterocycles. The van der Waals surface area contributed by atoms with Crippen LogP contribution in [0.1, 0.15) is 15.9 Å². The lowest BCUT2D eigenvalue weighted by atomic mass is 10.1. The van der Waals surface area contributed by atoms with Crippen LogP contribution >= 0.6 is 15.9 Å². The van der Waals surface area contributed by atoms with Crippen LogP contribution in [-0.2, 0) is 14.8 Å². The number of benzene rings is 2. The van der Waals surface area contributed by atoms with E-state index in [2.05, 4.69) is 21.2 Å². The second-order valence-corrected chi connectivity index (χ2v) is 8.72. The van der Waals surface area contributed by atoms with Crippen molar-refractivity contribution in [2.45, 2.75) is 11.8 Å². The van der Waals surface area contributed by atoms with Crippen molar-refractivity contribution in [1.29, 1.82) is 0 Å². The predicted molar refractivity (Wildman–Crippen MR) is 103 cm³/mol. The molecular formula is C18H19BrN2O4S. The molecule has 2 aromatic rings. The Bertz CT molecular complexity index is 925. The highest BCUT2D eigenvalue weighted by atomic mass is 79.9. The lowest BCUT2D eigenvalue weighted by Crippen LogP contribution is -2.40. The number of sulfonamides is 1. The minimum Gasteiger partial charge on any atom is -0.379 e. The second kappa shape index (κ2) is 7.87. The highest BCUT2D eigenvalue weighted by molar-refractivity contribution is 9.10. The van der Waals surface area contributed by atoms with Gasteiger partial charge in [0.25, 0.3) is 5.91 Å². The van der Waals surface area contributed by atoms with Crippen LogP contribution in [0.4, 0.5) is 5.69 Å². The zero-order valence-electron chi connectivity index (χ0n) is 14.2. The monoisotopic (exact) mass is 438 g/mol. The van der Waals surface area contributed by atoms with Crippen molar-refractivity contribution in [1.82, 2.24) is 4.31 Å². The number of ether oxygens (including phenoxy) is 1. The lowest BCUT2D eigenvalue weighted by Gasteiger charge is -2.26. The molecular weight excluding hydrogens is 420 g/mol. The molecule has 3 rings (SSSR count). The summed E-state index contributed by atoms with van der Waals surface area (Å²) in [6.07, 6.45) is 0. The number of anilines is 1. The van der Waals surface area contributed by atoms with Crippen molar-refractivity contribution >= 4 is 37.5 Å². The molecule has 1 saturated heterocycles. The maximum Gasteiger partial charge on any atom is 0.256 e. The van der Waals surface area contributed by atoms with Gasteiger partial charge in [0.15, 0.2) is 0 Å². The largest absolute Gasteiger partial charge is 0.379 e. The summed E-state index contributed by atoms with van der Waals surface area (Å²) in [5, 5.41) is 2.81. The van der Waals surface area contributed by atoms with Gasteiger partial charge in [-0.3, -0.25) is 4.79 Å². The number of halogens is 1. The Morgan fingerprint density at radius 3 is 2.54 bits per heavy atom. The van der Waals surface area contributed by atoms with Crippen LogP contribution in [-0.4, -0.2) is 44.9 Å². The summed E-state index contributed by atoms with van der Waals surface area (Å²) in [5.74, 6) is -0.304. The molecule has 26 heavy (non-hydrogen) atoms. The van der Waals surface area contributed by atoms with E-state index in [1.54, 1.807) is 30.3 Å². The van der Waals surface area contributed by atoms with Crippen LogP contribution in [0.25, 0.3) is 0 Å². The van der Waals surface area contributed by atoms with Gasteiger partial charge in [-0.15, -0.1) is 0 Å². The van der Waals surface area contributed by atoms with Crippen molar-refractivity contribution in [3.8, 4) is 0 Å². The Kier molecular flexibility index (Phi) is 5.76. The normalized spacial score (nSPS) is 15.6. The van der Waals surface area contributed by atoms with Gasteiger partial charge in [-0.1, -0.05) is 18.2 Å². The first-order valence-electron chi connectivity index (χ1n) is 8.14. The fraction of sp³-hybridized carbons (Fsp3) is 0.278. The zero-order chi connectivity index (χ0) is 18.7. The van der Waals surface area contributed by atoms with Crippen molar-refractivity contribution in [2.75, 3.05) is 31.6 Å². The van der Waals surface area contributed by atoms with Gasteiger partial charge in [0.05, 0.1) is 23.7 Å². The third-order valence-electron chi connectivity index (χ3n) is 4.18. The molecule has 6 nitrogen and oxygen atoms in total. The standard InChI is InChI=1S/C18H19BrN2O4S/c1-13-6-7-14(26(23,24)21-8-10-25-11-9-21)12-17(13)20-18(22)15-4-2-3-5-16(15)19/h2-7,12H,8-11H2,1H3,(H,20,22). The van der Waals surface area contributed by atoms with E-state index in [0.717, 1.165) is 5.56 Å². The zero-order valence-corrected chi connectivity index (χ0v) is 16.6. The van der Waals surface area contributed by atoms with Crippen molar-refractivity contribution in [2.24, 2.45) is 0 Å². The average Bonchev–Trinajstić information content (AvgIpc) is 2.64. The molecule has 0 spiro atoms. The van der Waals surface area contributed by atoms with E-state index < -0.39 is 10.0 Å². The topological polar surface area (TPSA) is 75.7 Å². The van der Waals surface area contributed by atoms with Gasteiger partial charge in [0.1, 0.15) is 0 Å². The Balaban J connectivity index is 1.88. The van der Waals surface area contributed by atoms with Crippen LogP contribution in [0, 0.1) is 6.92 Å². The summed E-state index contributed by atoms with van der Waals surface area (Å²) in [6.45, 7) is 3.25. The number of carbonyl (C=O) groups excluding carboxylic acids is 1. The Morgan fingerprint density at radius 2 is 1.85 bits per heavy atom. The van der Waals surface area contributed by atoms with Crippen molar-refractivity contribution < 1.29 is 17.9 Å². The number of morpholine rings is 1. The van der Waals surface area contributed by atoms with Crippen LogP contribution in [0.5, 0.6) is 0 Å². The first-order chi connectivity index (χ1) is 12.4. The van der Waals surface area contributed by atoms with Gasteiger partial charge in [0.2, 0.25) is 10.0 Å². The van der Waals surface area contributed by atoms with Gasteiger partial charge < -0.3 is 10.1 Å². The summed E-state index contributed by atoms with van der Waals surface area (Å²) in [5.41, 5.74) is 1.74. The number of carbonyl (C=O) groups is 1. The minimum atomic E-state index is -3.62. The van der Waals surface area contributed by atoms with E-state index in [4.69, 9.17) is 4.74 Å². The van der Waals surface area contributed by atoms with Crippen LogP contribution in [0.2, 0.25) is 0 Å². The highest BCUT2D eigenvalue weighted by Gasteiger charge is 2.27. The van der Waals surface area contributed by atoms with Gasteiger partial charge >= 0.3 is 0 Å². The maximum absolute atomic E-state index is 12.8. The number of hydrogen-bond donors (Lipinski definition) is 1. The average molecular weight is 439 g/mol. The van der Waals surface area contributed by atoms with Gasteiger partial charge in [0, 0.05) is 23.2 Å². The van der Waals surface area contributed by atoms with E-state index in [-0.39, 0.29) is 10.8 Å². The second-order valence-electron chi connectivity index (χ2n) is 5.93. The van der Waals surface area contributed by atoms with Crippen LogP contribution < -0.4 is 5.32 Å². The van der Waals surface area contributed by atoms with Crippen LogP contribution in [0.3, 0.4) is 0 Å². The first kappa shape index (κ1) is 19.0. The molecule has 0 aromatic heterocycles. The Hall–Kier alpha value is -1.74.